The van der Waals surface area contributed by atoms with Crippen LogP contribution in [-0.2, 0) is 18.9 Å². The van der Waals surface area contributed by atoms with Gasteiger partial charge < -0.3 is 14.4 Å². The van der Waals surface area contributed by atoms with Gasteiger partial charge in [-0.3, -0.25) is 4.57 Å². The van der Waals surface area contributed by atoms with E-state index in [1.807, 2.05) is 80.6 Å². The molecule has 0 saturated carbocycles. The fraction of sp³-hybridized carbons (Fsp3) is 0.217. The van der Waals surface area contributed by atoms with Crippen LogP contribution in [0.1, 0.15) is 25.0 Å². The Kier molecular flexibility index (Phi) is 5.11. The first-order valence-electron chi connectivity index (χ1n) is 9.58. The lowest BCUT2D eigenvalue weighted by molar-refractivity contribution is 0.206. The second-order valence-electron chi connectivity index (χ2n) is 6.63. The number of nitrogens with one attached hydrogen (secondary N) is 1. The topological polar surface area (TPSA) is 47.6 Å². The molecule has 3 aromatic rings. The summed E-state index contributed by atoms with van der Waals surface area (Å²) in [6.07, 6.45) is 0. The van der Waals surface area contributed by atoms with Gasteiger partial charge in [-0.2, -0.15) is 0 Å². The van der Waals surface area contributed by atoms with E-state index in [1.54, 1.807) is 0 Å². The van der Waals surface area contributed by atoms with Crippen LogP contribution in [0, 0.1) is 0 Å². The number of rotatable bonds is 7. The lowest BCUT2D eigenvalue weighted by Gasteiger charge is -2.39. The Hall–Kier alpha value is -2.39. The summed E-state index contributed by atoms with van der Waals surface area (Å²) >= 11 is 0. The fourth-order valence-corrected chi connectivity index (χ4v) is 6.40. The second kappa shape index (κ2) is 7.56. The molecule has 0 spiro atoms. The van der Waals surface area contributed by atoms with Crippen LogP contribution in [-0.4, -0.2) is 13.2 Å². The van der Waals surface area contributed by atoms with Crippen LogP contribution in [0.3, 0.4) is 0 Å². The second-order valence-corrected chi connectivity index (χ2v) is 8.81. The third-order valence-corrected chi connectivity index (χ3v) is 7.64. The molecule has 0 heterocycles. The monoisotopic (exact) mass is 393 g/mol. The smallest absolute Gasteiger partial charge is 0.362 e. The molecule has 0 saturated heterocycles. The summed E-state index contributed by atoms with van der Waals surface area (Å²) in [6.45, 7) is 4.27. The Balaban J connectivity index is 2.05. The minimum absolute atomic E-state index is 0.291. The van der Waals surface area contributed by atoms with Gasteiger partial charge in [0.25, 0.3) is 0 Å². The number of para-hydroxylation sites is 1. The highest BCUT2D eigenvalue weighted by Crippen LogP contribution is 2.71. The average Bonchev–Trinajstić information content (AvgIpc) is 3.01. The van der Waals surface area contributed by atoms with Gasteiger partial charge in [0.15, 0.2) is 5.28 Å². The van der Waals surface area contributed by atoms with Crippen molar-refractivity contribution in [3.8, 4) is 11.1 Å². The predicted molar refractivity (Wildman–Crippen MR) is 114 cm³/mol. The zero-order valence-corrected chi connectivity index (χ0v) is 17.0. The Morgan fingerprint density at radius 1 is 0.750 bits per heavy atom. The largest absolute Gasteiger partial charge is 0.365 e. The van der Waals surface area contributed by atoms with Gasteiger partial charge in [0.2, 0.25) is 0 Å². The van der Waals surface area contributed by atoms with E-state index in [4.69, 9.17) is 9.05 Å². The summed E-state index contributed by atoms with van der Waals surface area (Å²) in [5, 5.41) is 2.45. The van der Waals surface area contributed by atoms with Crippen molar-refractivity contribution in [1.29, 1.82) is 0 Å². The van der Waals surface area contributed by atoms with Crippen molar-refractivity contribution in [3.05, 3.63) is 90.0 Å². The van der Waals surface area contributed by atoms with E-state index >= 15 is 0 Å². The molecule has 4 nitrogen and oxygen atoms in total. The molecule has 3 aromatic carbocycles. The van der Waals surface area contributed by atoms with E-state index in [0.717, 1.165) is 27.9 Å². The van der Waals surface area contributed by atoms with Crippen molar-refractivity contribution in [2.24, 2.45) is 0 Å². The molecule has 0 unspecified atom stereocenters. The van der Waals surface area contributed by atoms with Gasteiger partial charge >= 0.3 is 7.60 Å². The van der Waals surface area contributed by atoms with Crippen molar-refractivity contribution in [1.82, 2.24) is 0 Å². The van der Waals surface area contributed by atoms with Crippen LogP contribution < -0.4 is 5.32 Å². The summed E-state index contributed by atoms with van der Waals surface area (Å²) in [6, 6.07) is 25.9. The van der Waals surface area contributed by atoms with E-state index < -0.39 is 12.9 Å². The number of anilines is 1. The molecule has 0 fully saturated rings. The first-order chi connectivity index (χ1) is 13.7. The maximum absolute atomic E-state index is 14.4. The lowest BCUT2D eigenvalue weighted by Crippen LogP contribution is -2.36. The molecule has 0 bridgehead atoms. The van der Waals surface area contributed by atoms with Crippen LogP contribution in [0.15, 0.2) is 78.9 Å². The Morgan fingerprint density at radius 2 is 1.21 bits per heavy atom. The fourth-order valence-electron chi connectivity index (χ4n) is 4.01. The van der Waals surface area contributed by atoms with Gasteiger partial charge in [0.05, 0.1) is 13.2 Å². The van der Waals surface area contributed by atoms with Crippen molar-refractivity contribution < 1.29 is 13.6 Å². The number of fused-ring (bicyclic) bond motifs is 3. The highest BCUT2D eigenvalue weighted by atomic mass is 31.2. The van der Waals surface area contributed by atoms with Crippen LogP contribution in [0.2, 0.25) is 0 Å². The molecule has 0 atom stereocenters. The number of hydrogen-bond donors (Lipinski definition) is 1. The van der Waals surface area contributed by atoms with E-state index in [9.17, 15) is 4.57 Å². The summed E-state index contributed by atoms with van der Waals surface area (Å²) in [7, 11) is -3.64. The molecule has 1 N–H and O–H groups in total. The highest BCUT2D eigenvalue weighted by molar-refractivity contribution is 7.55. The Morgan fingerprint density at radius 3 is 1.71 bits per heavy atom. The van der Waals surface area contributed by atoms with Gasteiger partial charge in [-0.15, -0.1) is 0 Å². The molecule has 1 aliphatic rings. The predicted octanol–water partition coefficient (Wildman–Crippen LogP) is 6.25. The molecular weight excluding hydrogens is 369 g/mol. The van der Waals surface area contributed by atoms with Gasteiger partial charge in [-0.1, -0.05) is 66.7 Å². The molecular formula is C23H24NO3P. The minimum Gasteiger partial charge on any atom is -0.362 e. The molecule has 0 amide bonds. The third-order valence-electron chi connectivity index (χ3n) is 5.03. The van der Waals surface area contributed by atoms with Crippen LogP contribution >= 0.6 is 7.60 Å². The molecule has 0 radical (unpaired) electrons. The summed E-state index contributed by atoms with van der Waals surface area (Å²) in [4.78, 5) is 0. The average molecular weight is 393 g/mol. The van der Waals surface area contributed by atoms with E-state index in [0.29, 0.717) is 13.2 Å². The maximum Gasteiger partial charge on any atom is 0.365 e. The van der Waals surface area contributed by atoms with Gasteiger partial charge in [-0.05, 0) is 37.1 Å². The molecule has 28 heavy (non-hydrogen) atoms. The van der Waals surface area contributed by atoms with Crippen LogP contribution in [0.4, 0.5) is 5.69 Å². The number of hydrogen-bond acceptors (Lipinski definition) is 4. The van der Waals surface area contributed by atoms with Gasteiger partial charge in [0.1, 0.15) is 0 Å². The van der Waals surface area contributed by atoms with E-state index in [1.165, 1.54) is 0 Å². The Labute approximate surface area is 166 Å². The standard InChI is InChI=1S/C23H24NO3P/c1-3-26-28(25,27-4-2)23(24-18-12-6-5-7-13-18)21-16-10-8-14-19(21)20-15-9-11-17-22(20)23/h5-17,24H,3-4H2,1-2H3. The van der Waals surface area contributed by atoms with Crippen molar-refractivity contribution in [3.63, 3.8) is 0 Å². The van der Waals surface area contributed by atoms with Crippen molar-refractivity contribution in [2.75, 3.05) is 18.5 Å². The molecule has 4 rings (SSSR count). The Bertz CT molecular complexity index is 964. The zero-order valence-electron chi connectivity index (χ0n) is 16.1. The van der Waals surface area contributed by atoms with Gasteiger partial charge in [-0.25, -0.2) is 0 Å². The molecule has 0 aromatic heterocycles. The lowest BCUT2D eigenvalue weighted by atomic mass is 10.0. The summed E-state index contributed by atoms with van der Waals surface area (Å²) in [5.74, 6) is 0. The number of benzene rings is 3. The quantitative estimate of drug-likeness (QED) is 0.482. The first kappa shape index (κ1) is 18.9. The molecule has 144 valence electrons. The summed E-state index contributed by atoms with van der Waals surface area (Å²) < 4.78 is 26.2. The third kappa shape index (κ3) is 2.80. The van der Waals surface area contributed by atoms with E-state index in [2.05, 4.69) is 17.4 Å². The van der Waals surface area contributed by atoms with E-state index in [-0.39, 0.29) is 0 Å². The van der Waals surface area contributed by atoms with Gasteiger partial charge in [0, 0.05) is 16.8 Å². The van der Waals surface area contributed by atoms with Crippen molar-refractivity contribution in [2.45, 2.75) is 19.1 Å². The normalized spacial score (nSPS) is 14.4. The molecule has 0 aliphatic heterocycles. The SMILES string of the molecule is CCOP(=O)(OCC)C1(Nc2ccccc2)c2ccccc2-c2ccccc21. The zero-order chi connectivity index (χ0) is 19.6. The molecule has 5 heteroatoms. The summed E-state index contributed by atoms with van der Waals surface area (Å²) in [5.41, 5.74) is 4.76. The minimum atomic E-state index is -3.64. The van der Waals surface area contributed by atoms with Crippen LogP contribution in [0.25, 0.3) is 11.1 Å². The first-order valence-corrected chi connectivity index (χ1v) is 11.1. The molecule has 1 aliphatic carbocycles. The highest BCUT2D eigenvalue weighted by Gasteiger charge is 2.58. The maximum atomic E-state index is 14.4. The van der Waals surface area contributed by atoms with Crippen LogP contribution in [0.5, 0.6) is 0 Å². The van der Waals surface area contributed by atoms with Crippen molar-refractivity contribution >= 4 is 13.3 Å².